The zero-order chi connectivity index (χ0) is 20.3. The van der Waals surface area contributed by atoms with E-state index in [0.29, 0.717) is 12.1 Å². The number of pyridine rings is 1. The van der Waals surface area contributed by atoms with Gasteiger partial charge in [0.2, 0.25) is 0 Å². The third-order valence-corrected chi connectivity index (χ3v) is 5.33. The van der Waals surface area contributed by atoms with Gasteiger partial charge in [-0.15, -0.1) is 0 Å². The van der Waals surface area contributed by atoms with Crippen molar-refractivity contribution < 1.29 is 4.79 Å². The van der Waals surface area contributed by atoms with Crippen molar-refractivity contribution in [3.05, 3.63) is 47.3 Å². The Labute approximate surface area is 166 Å². The van der Waals surface area contributed by atoms with Gasteiger partial charge in [-0.2, -0.15) is 5.10 Å². The van der Waals surface area contributed by atoms with Gasteiger partial charge in [0.1, 0.15) is 0 Å². The van der Waals surface area contributed by atoms with Crippen LogP contribution in [0.15, 0.2) is 30.3 Å². The van der Waals surface area contributed by atoms with Crippen molar-refractivity contribution in [2.24, 2.45) is 7.05 Å². The quantitative estimate of drug-likeness (QED) is 0.684. The number of aromatic nitrogens is 3. The summed E-state index contributed by atoms with van der Waals surface area (Å²) in [5.41, 5.74) is 5.20. The Kier molecular flexibility index (Phi) is 6.09. The first kappa shape index (κ1) is 20.0. The van der Waals surface area contributed by atoms with Crippen LogP contribution in [0.3, 0.4) is 0 Å². The lowest BCUT2D eigenvalue weighted by molar-refractivity contribution is 0.0950. The summed E-state index contributed by atoms with van der Waals surface area (Å²) >= 11 is 0. The summed E-state index contributed by atoms with van der Waals surface area (Å²) in [6, 6.07) is 9.69. The first-order valence-corrected chi connectivity index (χ1v) is 9.87. The molecule has 0 fully saturated rings. The highest BCUT2D eigenvalue weighted by Crippen LogP contribution is 2.29. The van der Waals surface area contributed by atoms with Gasteiger partial charge in [0.05, 0.1) is 22.5 Å². The minimum absolute atomic E-state index is 0.0637. The third kappa shape index (κ3) is 3.92. The number of amides is 1. The topological polar surface area (TPSA) is 63.1 Å². The molecule has 0 spiro atoms. The molecule has 0 aliphatic rings. The van der Waals surface area contributed by atoms with E-state index in [0.717, 1.165) is 53.2 Å². The van der Waals surface area contributed by atoms with Gasteiger partial charge in [0.15, 0.2) is 0 Å². The van der Waals surface area contributed by atoms with Crippen molar-refractivity contribution in [3.8, 4) is 11.3 Å². The van der Waals surface area contributed by atoms with Gasteiger partial charge in [-0.25, -0.2) is 4.98 Å². The first-order valence-electron chi connectivity index (χ1n) is 9.87. The van der Waals surface area contributed by atoms with Crippen LogP contribution in [0.25, 0.3) is 22.2 Å². The molecule has 6 nitrogen and oxygen atoms in total. The number of benzene rings is 1. The molecule has 2 aromatic heterocycles. The molecule has 3 aromatic rings. The van der Waals surface area contributed by atoms with Crippen molar-refractivity contribution in [3.63, 3.8) is 0 Å². The zero-order valence-electron chi connectivity index (χ0n) is 17.4. The Morgan fingerprint density at radius 3 is 2.54 bits per heavy atom. The van der Waals surface area contributed by atoms with Crippen LogP contribution in [-0.4, -0.2) is 51.8 Å². The average Bonchev–Trinajstić information content (AvgIpc) is 2.95. The van der Waals surface area contributed by atoms with Crippen LogP contribution in [0.5, 0.6) is 0 Å². The number of rotatable bonds is 7. The van der Waals surface area contributed by atoms with E-state index in [1.54, 1.807) is 0 Å². The maximum Gasteiger partial charge on any atom is 0.252 e. The van der Waals surface area contributed by atoms with Crippen LogP contribution in [0.4, 0.5) is 0 Å². The molecule has 0 saturated heterocycles. The minimum atomic E-state index is -0.0637. The summed E-state index contributed by atoms with van der Waals surface area (Å²) in [6.07, 6.45) is 0. The Bertz CT molecular complexity index is 988. The molecule has 1 aromatic carbocycles. The number of fused-ring (bicyclic) bond motifs is 1. The summed E-state index contributed by atoms with van der Waals surface area (Å²) in [5.74, 6) is -0.0637. The molecule has 3 rings (SSSR count). The van der Waals surface area contributed by atoms with Crippen molar-refractivity contribution in [2.75, 3.05) is 26.2 Å². The zero-order valence-corrected chi connectivity index (χ0v) is 17.4. The molecule has 0 unspecified atom stereocenters. The highest BCUT2D eigenvalue weighted by Gasteiger charge is 2.18. The Morgan fingerprint density at radius 1 is 1.18 bits per heavy atom. The number of para-hydroxylation sites is 1. The largest absolute Gasteiger partial charge is 0.351 e. The number of likely N-dealkylation sites (N-methyl/N-ethyl adjacent to an activating group) is 1. The van der Waals surface area contributed by atoms with Crippen LogP contribution < -0.4 is 5.32 Å². The van der Waals surface area contributed by atoms with E-state index in [9.17, 15) is 4.79 Å². The molecular weight excluding hydrogens is 350 g/mol. The van der Waals surface area contributed by atoms with Gasteiger partial charge in [-0.3, -0.25) is 9.48 Å². The van der Waals surface area contributed by atoms with Gasteiger partial charge in [0, 0.05) is 36.8 Å². The molecule has 0 aliphatic carbocycles. The molecule has 0 bridgehead atoms. The summed E-state index contributed by atoms with van der Waals surface area (Å²) < 4.78 is 1.85. The fourth-order valence-corrected chi connectivity index (χ4v) is 3.60. The molecule has 28 heavy (non-hydrogen) atoms. The highest BCUT2D eigenvalue weighted by molar-refractivity contribution is 6.07. The predicted molar refractivity (Wildman–Crippen MR) is 114 cm³/mol. The third-order valence-electron chi connectivity index (χ3n) is 5.33. The maximum atomic E-state index is 13.0. The smallest absolute Gasteiger partial charge is 0.252 e. The second-order valence-electron chi connectivity index (χ2n) is 7.02. The maximum absolute atomic E-state index is 13.0. The summed E-state index contributed by atoms with van der Waals surface area (Å²) in [4.78, 5) is 20.1. The van der Waals surface area contributed by atoms with Crippen LogP contribution >= 0.6 is 0 Å². The molecule has 0 saturated carbocycles. The van der Waals surface area contributed by atoms with E-state index in [1.165, 1.54) is 0 Å². The lowest BCUT2D eigenvalue weighted by Crippen LogP contribution is -2.34. The number of hydrogen-bond donors (Lipinski definition) is 1. The molecular formula is C22H29N5O. The van der Waals surface area contributed by atoms with E-state index < -0.39 is 0 Å². The molecule has 2 heterocycles. The first-order chi connectivity index (χ1) is 13.5. The number of aryl methyl sites for hydroxylation is 2. The fourth-order valence-electron chi connectivity index (χ4n) is 3.60. The highest BCUT2D eigenvalue weighted by atomic mass is 16.1. The minimum Gasteiger partial charge on any atom is -0.351 e. The van der Waals surface area contributed by atoms with Crippen molar-refractivity contribution in [1.82, 2.24) is 25.0 Å². The van der Waals surface area contributed by atoms with Crippen molar-refractivity contribution >= 4 is 16.8 Å². The number of carbonyl (C=O) groups is 1. The van der Waals surface area contributed by atoms with Crippen LogP contribution in [0.1, 0.15) is 35.6 Å². The summed E-state index contributed by atoms with van der Waals surface area (Å²) in [7, 11) is 1.92. The number of nitrogens with one attached hydrogen (secondary N) is 1. The van der Waals surface area contributed by atoms with Gasteiger partial charge >= 0.3 is 0 Å². The lowest BCUT2D eigenvalue weighted by Gasteiger charge is -2.18. The second kappa shape index (κ2) is 8.52. The van der Waals surface area contributed by atoms with Gasteiger partial charge in [-0.05, 0) is 39.1 Å². The van der Waals surface area contributed by atoms with Crippen molar-refractivity contribution in [1.29, 1.82) is 0 Å². The average molecular weight is 380 g/mol. The molecule has 148 valence electrons. The van der Waals surface area contributed by atoms with E-state index in [-0.39, 0.29) is 5.91 Å². The lowest BCUT2D eigenvalue weighted by atomic mass is 10.0. The molecule has 1 amide bonds. The predicted octanol–water partition coefficient (Wildman–Crippen LogP) is 3.32. The Hall–Kier alpha value is -2.73. The summed E-state index contributed by atoms with van der Waals surface area (Å²) in [5, 5.41) is 8.44. The molecule has 1 N–H and O–H groups in total. The monoisotopic (exact) mass is 379 g/mol. The molecule has 0 aliphatic heterocycles. The van der Waals surface area contributed by atoms with Gasteiger partial charge in [-0.1, -0.05) is 32.0 Å². The Balaban J connectivity index is 1.98. The van der Waals surface area contributed by atoms with Crippen LogP contribution in [0.2, 0.25) is 0 Å². The number of carbonyl (C=O) groups excluding carboxylic acids is 1. The van der Waals surface area contributed by atoms with Crippen LogP contribution in [0, 0.1) is 13.8 Å². The van der Waals surface area contributed by atoms with E-state index in [2.05, 4.69) is 29.2 Å². The normalized spacial score (nSPS) is 11.4. The van der Waals surface area contributed by atoms with Crippen molar-refractivity contribution in [2.45, 2.75) is 27.7 Å². The number of hydrogen-bond acceptors (Lipinski definition) is 4. The fraction of sp³-hybridized carbons (Fsp3) is 0.409. The van der Waals surface area contributed by atoms with E-state index in [4.69, 9.17) is 4.98 Å². The van der Waals surface area contributed by atoms with Gasteiger partial charge < -0.3 is 10.2 Å². The van der Waals surface area contributed by atoms with E-state index in [1.807, 2.05) is 55.9 Å². The number of nitrogens with zero attached hydrogens (tertiary/aromatic N) is 4. The van der Waals surface area contributed by atoms with Gasteiger partial charge in [0.25, 0.3) is 5.91 Å². The summed E-state index contributed by atoms with van der Waals surface area (Å²) in [6.45, 7) is 11.7. The molecule has 0 radical (unpaired) electrons. The second-order valence-corrected chi connectivity index (χ2v) is 7.02. The van der Waals surface area contributed by atoms with E-state index >= 15 is 0 Å². The molecule has 6 heteroatoms. The SMILES string of the molecule is CCN(CC)CCNC(=O)c1cc(-c2c(C)nn(C)c2C)nc2ccccc12. The Morgan fingerprint density at radius 2 is 1.89 bits per heavy atom. The standard InChI is InChI=1S/C22H29N5O/c1-6-27(7-2)13-12-23-22(28)18-14-20(21-15(3)25-26(5)16(21)4)24-19-11-9-8-10-17(18)19/h8-11,14H,6-7,12-13H2,1-5H3,(H,23,28). The van der Waals surface area contributed by atoms with Crippen LogP contribution in [-0.2, 0) is 7.05 Å². The molecule has 0 atom stereocenters.